The van der Waals surface area contributed by atoms with E-state index in [1.807, 2.05) is 30.3 Å². The van der Waals surface area contributed by atoms with Crippen LogP contribution in [0.2, 0.25) is 0 Å². The van der Waals surface area contributed by atoms with Crippen LogP contribution in [0.1, 0.15) is 29.0 Å². The quantitative estimate of drug-likeness (QED) is 0.183. The van der Waals surface area contributed by atoms with E-state index < -0.39 is 6.17 Å². The minimum Gasteiger partial charge on any atom is -0.456 e. The Labute approximate surface area is 298 Å². The molecule has 2 N–H and O–H groups in total. The molecular formula is C47H31N3O2. The van der Waals surface area contributed by atoms with Gasteiger partial charge in [0.25, 0.3) is 0 Å². The first kappa shape index (κ1) is 29.1. The van der Waals surface area contributed by atoms with Crippen molar-refractivity contribution in [3.8, 4) is 11.1 Å². The average Bonchev–Trinajstić information content (AvgIpc) is 3.79. The van der Waals surface area contributed by atoms with Crippen molar-refractivity contribution < 1.29 is 8.83 Å². The molecule has 5 heteroatoms. The largest absolute Gasteiger partial charge is 0.456 e. The highest BCUT2D eigenvalue weighted by Gasteiger charge is 2.31. The maximum Gasteiger partial charge on any atom is 0.142 e. The summed E-state index contributed by atoms with van der Waals surface area (Å²) in [6, 6.07) is 57.4. The maximum atomic E-state index is 6.56. The third kappa shape index (κ3) is 4.50. The van der Waals surface area contributed by atoms with Crippen molar-refractivity contribution >= 4 is 71.3 Å². The fourth-order valence-corrected chi connectivity index (χ4v) is 8.16. The fourth-order valence-electron chi connectivity index (χ4n) is 8.16. The van der Waals surface area contributed by atoms with E-state index in [2.05, 4.69) is 144 Å². The van der Waals surface area contributed by atoms with Gasteiger partial charge in [-0.2, -0.15) is 0 Å². The normalized spacial score (nSPS) is 16.3. The van der Waals surface area contributed by atoms with Gasteiger partial charge in [-0.3, -0.25) is 5.32 Å². The number of benzene rings is 8. The summed E-state index contributed by atoms with van der Waals surface area (Å²) in [4.78, 5) is 5.47. The second kappa shape index (κ2) is 11.4. The Morgan fingerprint density at radius 2 is 1.19 bits per heavy atom. The molecule has 5 nitrogen and oxygen atoms in total. The zero-order valence-corrected chi connectivity index (χ0v) is 28.0. The lowest BCUT2D eigenvalue weighted by Gasteiger charge is -2.33. The third-order valence-electron chi connectivity index (χ3n) is 10.6. The van der Waals surface area contributed by atoms with E-state index in [4.69, 9.17) is 13.8 Å². The van der Waals surface area contributed by atoms with Crippen LogP contribution in [0.3, 0.4) is 0 Å². The van der Waals surface area contributed by atoms with Gasteiger partial charge < -0.3 is 14.2 Å². The Kier molecular flexibility index (Phi) is 6.39. The Balaban J connectivity index is 1.16. The highest BCUT2D eigenvalue weighted by molar-refractivity contribution is 6.12. The van der Waals surface area contributed by atoms with Crippen molar-refractivity contribution in [3.63, 3.8) is 0 Å². The van der Waals surface area contributed by atoms with E-state index in [1.165, 1.54) is 21.5 Å². The molecule has 10 aromatic rings. The number of para-hydroxylation sites is 3. The Bertz CT molecular complexity index is 3050. The maximum absolute atomic E-state index is 6.56. The van der Waals surface area contributed by atoms with Gasteiger partial charge in [-0.1, -0.05) is 140 Å². The molecule has 0 radical (unpaired) electrons. The number of fused-ring (bicyclic) bond motifs is 9. The lowest BCUT2D eigenvalue weighted by molar-refractivity contribution is 0.410. The van der Waals surface area contributed by atoms with Crippen LogP contribution in [-0.2, 0) is 0 Å². The predicted octanol–water partition coefficient (Wildman–Crippen LogP) is 11.8. The molecule has 3 heterocycles. The highest BCUT2D eigenvalue weighted by Crippen LogP contribution is 2.43. The molecular weight excluding hydrogens is 639 g/mol. The smallest absolute Gasteiger partial charge is 0.142 e. The van der Waals surface area contributed by atoms with Gasteiger partial charge in [0.1, 0.15) is 40.5 Å². The van der Waals surface area contributed by atoms with Crippen LogP contribution in [0.25, 0.3) is 76.5 Å². The predicted molar refractivity (Wildman–Crippen MR) is 213 cm³/mol. The molecule has 2 atom stereocenters. The molecule has 246 valence electrons. The van der Waals surface area contributed by atoms with Gasteiger partial charge in [0.15, 0.2) is 0 Å². The summed E-state index contributed by atoms with van der Waals surface area (Å²) in [6.07, 6.45) is -0.751. The van der Waals surface area contributed by atoms with Crippen LogP contribution in [-0.4, -0.2) is 5.84 Å². The molecule has 0 aliphatic carbocycles. The minimum absolute atomic E-state index is 0.314. The SMILES string of the molecule is c1ccc(C2=NC(c3c(-c4ccc5c(ccc6ccccc65)c4)ccc4oc5ccccc5c34)NC(c3cccc4c3oc3ccccc34)N2)cc1. The van der Waals surface area contributed by atoms with Gasteiger partial charge in [-0.25, -0.2) is 4.99 Å². The second-order valence-electron chi connectivity index (χ2n) is 13.5. The fraction of sp³-hybridized carbons (Fsp3) is 0.0426. The summed E-state index contributed by atoms with van der Waals surface area (Å²) < 4.78 is 13.1. The van der Waals surface area contributed by atoms with Crippen molar-refractivity contribution in [2.45, 2.75) is 12.3 Å². The number of amidine groups is 1. The van der Waals surface area contributed by atoms with E-state index in [9.17, 15) is 0 Å². The van der Waals surface area contributed by atoms with Crippen LogP contribution in [0.15, 0.2) is 178 Å². The van der Waals surface area contributed by atoms with Crippen molar-refractivity contribution in [2.24, 2.45) is 4.99 Å². The number of aliphatic imine (C=N–C) groups is 1. The minimum atomic E-state index is -0.437. The molecule has 0 fully saturated rings. The molecule has 2 unspecified atom stereocenters. The zero-order chi connectivity index (χ0) is 34.2. The van der Waals surface area contributed by atoms with Gasteiger partial charge in [-0.05, 0) is 56.9 Å². The van der Waals surface area contributed by atoms with Crippen molar-refractivity contribution in [2.75, 3.05) is 0 Å². The van der Waals surface area contributed by atoms with Crippen molar-refractivity contribution in [1.29, 1.82) is 0 Å². The number of hydrogen-bond acceptors (Lipinski definition) is 5. The summed E-state index contributed by atoms with van der Waals surface area (Å²) in [6.45, 7) is 0. The van der Waals surface area contributed by atoms with E-state index in [-0.39, 0.29) is 6.17 Å². The monoisotopic (exact) mass is 669 g/mol. The lowest BCUT2D eigenvalue weighted by atomic mass is 9.91. The van der Waals surface area contributed by atoms with Crippen molar-refractivity contribution in [1.82, 2.24) is 10.6 Å². The molecule has 52 heavy (non-hydrogen) atoms. The third-order valence-corrected chi connectivity index (χ3v) is 10.6. The summed E-state index contributed by atoms with van der Waals surface area (Å²) in [7, 11) is 0. The number of rotatable bonds is 4. The van der Waals surface area contributed by atoms with E-state index in [0.717, 1.165) is 77.5 Å². The topological polar surface area (TPSA) is 62.7 Å². The molecule has 0 amide bonds. The molecule has 0 bridgehead atoms. The molecule has 1 aliphatic rings. The summed E-state index contributed by atoms with van der Waals surface area (Å²) in [5, 5.41) is 16.9. The first-order chi connectivity index (χ1) is 25.8. The Morgan fingerprint density at radius 3 is 2.08 bits per heavy atom. The zero-order valence-electron chi connectivity index (χ0n) is 28.0. The molecule has 2 aromatic heterocycles. The summed E-state index contributed by atoms with van der Waals surface area (Å²) in [5.74, 6) is 0.809. The van der Waals surface area contributed by atoms with Gasteiger partial charge >= 0.3 is 0 Å². The van der Waals surface area contributed by atoms with Gasteiger partial charge in [0, 0.05) is 38.2 Å². The number of furan rings is 2. The Morgan fingerprint density at radius 1 is 0.481 bits per heavy atom. The summed E-state index contributed by atoms with van der Waals surface area (Å²) >= 11 is 0. The van der Waals surface area contributed by atoms with Crippen LogP contribution < -0.4 is 10.6 Å². The summed E-state index contributed by atoms with van der Waals surface area (Å²) in [5.41, 5.74) is 8.74. The number of nitrogens with zero attached hydrogens (tertiary/aromatic N) is 1. The lowest BCUT2D eigenvalue weighted by Crippen LogP contribution is -2.45. The molecule has 0 saturated carbocycles. The van der Waals surface area contributed by atoms with Crippen molar-refractivity contribution in [3.05, 3.63) is 180 Å². The van der Waals surface area contributed by atoms with Gasteiger partial charge in [0.05, 0.1) is 0 Å². The van der Waals surface area contributed by atoms with E-state index in [1.54, 1.807) is 0 Å². The van der Waals surface area contributed by atoms with E-state index >= 15 is 0 Å². The highest BCUT2D eigenvalue weighted by atomic mass is 16.3. The molecule has 8 aromatic carbocycles. The molecule has 11 rings (SSSR count). The molecule has 0 spiro atoms. The van der Waals surface area contributed by atoms with Gasteiger partial charge in [-0.15, -0.1) is 0 Å². The van der Waals surface area contributed by atoms with Crippen LogP contribution in [0.4, 0.5) is 0 Å². The molecule has 1 aliphatic heterocycles. The Hall–Kier alpha value is -6.69. The number of hydrogen-bond donors (Lipinski definition) is 2. The van der Waals surface area contributed by atoms with E-state index in [0.29, 0.717) is 0 Å². The second-order valence-corrected chi connectivity index (χ2v) is 13.5. The van der Waals surface area contributed by atoms with Gasteiger partial charge in [0.2, 0.25) is 0 Å². The number of nitrogens with one attached hydrogen (secondary N) is 2. The first-order valence-electron chi connectivity index (χ1n) is 17.7. The molecule has 0 saturated heterocycles. The van der Waals surface area contributed by atoms with Crippen LogP contribution >= 0.6 is 0 Å². The first-order valence-corrected chi connectivity index (χ1v) is 17.7. The average molecular weight is 670 g/mol. The standard InChI is InChI=1S/C47H31N3O2/c1-2-12-29(13-3-1)45-48-46(38-18-10-17-36-35-15-6-8-19-39(35)52-44(36)38)50-47(49-45)43-34(25-26-41-42(43)37-16-7-9-20-40(37)51-41)31-23-24-33-30(27-31)22-21-28-11-4-5-14-32(28)33/h1-27,46-47,50H,(H,48,49). The van der Waals surface area contributed by atoms with Crippen LogP contribution in [0, 0.1) is 0 Å². The van der Waals surface area contributed by atoms with Crippen LogP contribution in [0.5, 0.6) is 0 Å².